The van der Waals surface area contributed by atoms with Crippen LogP contribution in [0.15, 0.2) is 42.1 Å². The second kappa shape index (κ2) is 7.52. The molecule has 0 atom stereocenters. The Balaban J connectivity index is 1.77. The van der Waals surface area contributed by atoms with E-state index < -0.39 is 11.5 Å². The van der Waals surface area contributed by atoms with Gasteiger partial charge in [-0.25, -0.2) is 4.79 Å². The van der Waals surface area contributed by atoms with Crippen LogP contribution < -0.4 is 11.1 Å². The minimum Gasteiger partial charge on any atom is -0.507 e. The number of amides is 1. The molecule has 2 aliphatic rings. The molecule has 1 aliphatic carbocycles. The molecule has 1 aliphatic heterocycles. The summed E-state index contributed by atoms with van der Waals surface area (Å²) in [4.78, 5) is 24.7. The molecule has 1 fully saturated rings. The second-order valence-corrected chi connectivity index (χ2v) is 8.14. The average Bonchev–Trinajstić information content (AvgIpc) is 2.98. The molecule has 0 radical (unpaired) electrons. The van der Waals surface area contributed by atoms with Gasteiger partial charge in [0.25, 0.3) is 5.91 Å². The Morgan fingerprint density at radius 2 is 1.87 bits per heavy atom. The van der Waals surface area contributed by atoms with Gasteiger partial charge in [0.05, 0.1) is 23.8 Å². The zero-order chi connectivity index (χ0) is 21.5. The number of aryl methyl sites for hydroxylation is 1. The van der Waals surface area contributed by atoms with Crippen LogP contribution in [0, 0.1) is 6.92 Å². The summed E-state index contributed by atoms with van der Waals surface area (Å²) in [5.74, 6) is -0.601. The first-order valence-electron chi connectivity index (χ1n) is 10.2. The van der Waals surface area contributed by atoms with E-state index in [1.165, 1.54) is 7.11 Å². The lowest BCUT2D eigenvalue weighted by Gasteiger charge is -2.34. The molecule has 0 unspecified atom stereocenters. The third-order valence-corrected chi connectivity index (χ3v) is 6.28. The average molecular weight is 406 g/mol. The van der Waals surface area contributed by atoms with Crippen molar-refractivity contribution in [2.45, 2.75) is 44.6 Å². The second-order valence-electron chi connectivity index (χ2n) is 8.14. The highest BCUT2D eigenvalue weighted by atomic mass is 16.5. The Bertz CT molecular complexity index is 1060. The van der Waals surface area contributed by atoms with Gasteiger partial charge in [-0.15, -0.1) is 0 Å². The molecule has 0 saturated heterocycles. The van der Waals surface area contributed by atoms with Gasteiger partial charge in [0.1, 0.15) is 5.75 Å². The van der Waals surface area contributed by atoms with E-state index in [2.05, 4.69) is 5.32 Å². The molecule has 1 heterocycles. The van der Waals surface area contributed by atoms with E-state index in [0.717, 1.165) is 37.7 Å². The number of nitrogens with two attached hydrogens (primary N) is 1. The minimum absolute atomic E-state index is 0.0234. The molecular weight excluding hydrogens is 380 g/mol. The van der Waals surface area contributed by atoms with Gasteiger partial charge < -0.3 is 20.9 Å². The summed E-state index contributed by atoms with van der Waals surface area (Å²) in [5, 5.41) is 13.9. The van der Waals surface area contributed by atoms with Crippen molar-refractivity contribution in [1.82, 2.24) is 5.32 Å². The molecule has 0 bridgehead atoms. The van der Waals surface area contributed by atoms with Gasteiger partial charge in [-0.3, -0.25) is 4.79 Å². The van der Waals surface area contributed by atoms with Crippen LogP contribution in [0.1, 0.15) is 53.6 Å². The van der Waals surface area contributed by atoms with E-state index in [1.807, 2.05) is 19.1 Å². The molecule has 6 heteroatoms. The summed E-state index contributed by atoms with van der Waals surface area (Å²) >= 11 is 0. The van der Waals surface area contributed by atoms with Crippen LogP contribution in [0.5, 0.6) is 5.75 Å². The SMILES string of the molecule is COC(=O)c1cccc(-c2cc(C)c(C3=C(N)C4(CCCCC4)NC3=O)cc2O)c1. The smallest absolute Gasteiger partial charge is 0.337 e. The van der Waals surface area contributed by atoms with E-state index in [4.69, 9.17) is 10.5 Å². The van der Waals surface area contributed by atoms with Crippen LogP contribution in [0.3, 0.4) is 0 Å². The van der Waals surface area contributed by atoms with Crippen molar-refractivity contribution in [3.63, 3.8) is 0 Å². The number of aromatic hydroxyl groups is 1. The number of carbonyl (C=O) groups is 2. The number of hydrogen-bond donors (Lipinski definition) is 3. The first kappa shape index (κ1) is 20.0. The fraction of sp³-hybridized carbons (Fsp3) is 0.333. The molecule has 30 heavy (non-hydrogen) atoms. The lowest BCUT2D eigenvalue weighted by molar-refractivity contribution is -0.116. The predicted molar refractivity (Wildman–Crippen MR) is 115 cm³/mol. The monoisotopic (exact) mass is 406 g/mol. The summed E-state index contributed by atoms with van der Waals surface area (Å²) < 4.78 is 4.78. The van der Waals surface area contributed by atoms with Crippen LogP contribution in [0.2, 0.25) is 0 Å². The summed E-state index contributed by atoms with van der Waals surface area (Å²) in [6.07, 6.45) is 4.91. The van der Waals surface area contributed by atoms with Crippen molar-refractivity contribution in [2.75, 3.05) is 7.11 Å². The Morgan fingerprint density at radius 1 is 1.13 bits per heavy atom. The van der Waals surface area contributed by atoms with Gasteiger partial charge in [-0.05, 0) is 60.7 Å². The van der Waals surface area contributed by atoms with Crippen LogP contribution in [-0.2, 0) is 9.53 Å². The number of benzene rings is 2. The van der Waals surface area contributed by atoms with Gasteiger partial charge in [-0.2, -0.15) is 0 Å². The van der Waals surface area contributed by atoms with Gasteiger partial charge in [0.2, 0.25) is 0 Å². The fourth-order valence-corrected chi connectivity index (χ4v) is 4.65. The number of methoxy groups -OCH3 is 1. The van der Waals surface area contributed by atoms with Crippen molar-refractivity contribution in [1.29, 1.82) is 0 Å². The highest BCUT2D eigenvalue weighted by molar-refractivity contribution is 6.24. The highest BCUT2D eigenvalue weighted by Crippen LogP contribution is 2.42. The molecule has 6 nitrogen and oxygen atoms in total. The lowest BCUT2D eigenvalue weighted by Crippen LogP contribution is -2.47. The van der Waals surface area contributed by atoms with Crippen LogP contribution in [0.25, 0.3) is 16.7 Å². The third kappa shape index (κ3) is 3.22. The predicted octanol–water partition coefficient (Wildman–Crippen LogP) is 3.66. The summed E-state index contributed by atoms with van der Waals surface area (Å²) in [7, 11) is 1.33. The van der Waals surface area contributed by atoms with Crippen LogP contribution in [0.4, 0.5) is 0 Å². The van der Waals surface area contributed by atoms with Crippen molar-refractivity contribution in [2.24, 2.45) is 5.73 Å². The largest absolute Gasteiger partial charge is 0.507 e. The number of phenols is 1. The maximum atomic E-state index is 12.8. The summed E-state index contributed by atoms with van der Waals surface area (Å²) in [6.45, 7) is 1.89. The molecule has 156 valence electrons. The van der Waals surface area contributed by atoms with E-state index in [0.29, 0.717) is 33.5 Å². The van der Waals surface area contributed by atoms with Gasteiger partial charge in [0, 0.05) is 11.3 Å². The normalized spacial score (nSPS) is 17.9. The van der Waals surface area contributed by atoms with Gasteiger partial charge in [-0.1, -0.05) is 31.4 Å². The third-order valence-electron chi connectivity index (χ3n) is 6.28. The molecule has 2 aromatic rings. The van der Waals surface area contributed by atoms with Gasteiger partial charge in [0.15, 0.2) is 0 Å². The summed E-state index contributed by atoms with van der Waals surface area (Å²) in [6, 6.07) is 10.3. The molecule has 4 rings (SSSR count). The Hall–Kier alpha value is -3.28. The standard InChI is InChI=1S/C24H26N2O4/c1-14-11-18(15-7-6-8-16(12-15)23(29)30-2)19(27)13-17(14)20-21(25)24(26-22(20)28)9-4-3-5-10-24/h6-8,11-13,27H,3-5,9-10,25H2,1-2H3,(H,26,28). The van der Waals surface area contributed by atoms with E-state index in [9.17, 15) is 14.7 Å². The zero-order valence-corrected chi connectivity index (χ0v) is 17.2. The number of hydrogen-bond acceptors (Lipinski definition) is 5. The fourth-order valence-electron chi connectivity index (χ4n) is 4.65. The minimum atomic E-state index is -0.458. The quantitative estimate of drug-likeness (QED) is 0.675. The topological polar surface area (TPSA) is 102 Å². The molecular formula is C24H26N2O4. The Kier molecular flexibility index (Phi) is 5.02. The first-order valence-corrected chi connectivity index (χ1v) is 10.2. The Labute approximate surface area is 175 Å². The van der Waals surface area contributed by atoms with Crippen molar-refractivity contribution >= 4 is 17.4 Å². The highest BCUT2D eigenvalue weighted by Gasteiger charge is 2.45. The van der Waals surface area contributed by atoms with E-state index in [1.54, 1.807) is 24.3 Å². The van der Waals surface area contributed by atoms with Crippen LogP contribution >= 0.6 is 0 Å². The number of esters is 1. The zero-order valence-electron chi connectivity index (χ0n) is 17.2. The molecule has 2 aromatic carbocycles. The van der Waals surface area contributed by atoms with E-state index in [-0.39, 0.29) is 11.7 Å². The number of nitrogens with one attached hydrogen (secondary N) is 1. The first-order chi connectivity index (χ1) is 14.4. The summed E-state index contributed by atoms with van der Waals surface area (Å²) in [5.41, 5.74) is 10.2. The lowest BCUT2D eigenvalue weighted by atomic mass is 9.79. The molecule has 1 spiro atoms. The number of phenolic OH excluding ortho intramolecular Hbond substituents is 1. The van der Waals surface area contributed by atoms with Crippen molar-refractivity contribution in [3.05, 3.63) is 58.8 Å². The molecule has 1 saturated carbocycles. The van der Waals surface area contributed by atoms with Gasteiger partial charge >= 0.3 is 5.97 Å². The van der Waals surface area contributed by atoms with E-state index >= 15 is 0 Å². The number of carbonyl (C=O) groups excluding carboxylic acids is 2. The molecule has 0 aromatic heterocycles. The van der Waals surface area contributed by atoms with Crippen molar-refractivity contribution in [3.8, 4) is 16.9 Å². The number of rotatable bonds is 3. The number of ether oxygens (including phenoxy) is 1. The maximum absolute atomic E-state index is 12.8. The molecule has 1 amide bonds. The maximum Gasteiger partial charge on any atom is 0.337 e. The Morgan fingerprint density at radius 3 is 2.57 bits per heavy atom. The molecule has 4 N–H and O–H groups in total. The van der Waals surface area contributed by atoms with Crippen molar-refractivity contribution < 1.29 is 19.4 Å². The van der Waals surface area contributed by atoms with Crippen LogP contribution in [-0.4, -0.2) is 29.6 Å².